The second-order valence-corrected chi connectivity index (χ2v) is 3.81. The van der Waals surface area contributed by atoms with Crippen LogP contribution >= 0.6 is 0 Å². The molecule has 0 spiro atoms. The summed E-state index contributed by atoms with van der Waals surface area (Å²) in [6.07, 6.45) is 0. The molecule has 16 heavy (non-hydrogen) atoms. The largest absolute Gasteiger partial charge is 0.396 e. The van der Waals surface area contributed by atoms with E-state index in [0.29, 0.717) is 11.5 Å². The lowest BCUT2D eigenvalue weighted by molar-refractivity contribution is 0.627. The number of nitrogen functional groups attached to an aromatic ring is 1. The molecule has 1 heterocycles. The number of anilines is 1. The molecule has 0 radical (unpaired) electrons. The van der Waals surface area contributed by atoms with Gasteiger partial charge in [0.2, 0.25) is 0 Å². The summed E-state index contributed by atoms with van der Waals surface area (Å²) < 4.78 is 14.8. The third-order valence-electron chi connectivity index (χ3n) is 2.24. The van der Waals surface area contributed by atoms with Crippen LogP contribution in [0.15, 0.2) is 18.2 Å². The van der Waals surface area contributed by atoms with E-state index in [9.17, 15) is 4.39 Å². The van der Waals surface area contributed by atoms with Crippen molar-refractivity contribution < 1.29 is 4.39 Å². The van der Waals surface area contributed by atoms with Gasteiger partial charge in [-0.1, -0.05) is 13.8 Å². The summed E-state index contributed by atoms with van der Waals surface area (Å²) in [5.41, 5.74) is 6.09. The molecular weight excluding hydrogens is 209 g/mol. The molecule has 0 bridgehead atoms. The molecule has 0 saturated heterocycles. The standard InChI is InChI=1S/C10H12FN5/c1-6(2)10-13-14-15-16(10)7-3-4-9(12)8(11)5-7/h3-6H,12H2,1-2H3. The third-order valence-corrected chi connectivity index (χ3v) is 2.24. The van der Waals surface area contributed by atoms with Crippen LogP contribution in [0, 0.1) is 5.82 Å². The molecule has 0 unspecified atom stereocenters. The molecule has 1 aromatic carbocycles. The van der Waals surface area contributed by atoms with Gasteiger partial charge in [-0.2, -0.15) is 4.68 Å². The number of tetrazole rings is 1. The van der Waals surface area contributed by atoms with Gasteiger partial charge in [-0.3, -0.25) is 0 Å². The van der Waals surface area contributed by atoms with Crippen molar-refractivity contribution in [3.63, 3.8) is 0 Å². The lowest BCUT2D eigenvalue weighted by Crippen LogP contribution is -2.05. The normalized spacial score (nSPS) is 11.0. The minimum Gasteiger partial charge on any atom is -0.396 e. The first kappa shape index (κ1) is 10.5. The van der Waals surface area contributed by atoms with Gasteiger partial charge < -0.3 is 5.73 Å². The van der Waals surface area contributed by atoms with Gasteiger partial charge in [0, 0.05) is 12.0 Å². The Kier molecular flexibility index (Phi) is 2.55. The van der Waals surface area contributed by atoms with Crippen molar-refractivity contribution in [2.24, 2.45) is 0 Å². The van der Waals surface area contributed by atoms with Crippen LogP contribution in [0.25, 0.3) is 5.69 Å². The van der Waals surface area contributed by atoms with Crippen molar-refractivity contribution >= 4 is 5.69 Å². The predicted octanol–water partition coefficient (Wildman–Crippen LogP) is 1.51. The fourth-order valence-corrected chi connectivity index (χ4v) is 1.39. The molecule has 1 aromatic heterocycles. The molecule has 2 rings (SSSR count). The summed E-state index contributed by atoms with van der Waals surface area (Å²) in [6, 6.07) is 4.49. The average molecular weight is 221 g/mol. The number of hydrogen-bond donors (Lipinski definition) is 1. The summed E-state index contributed by atoms with van der Waals surface area (Å²) in [4.78, 5) is 0. The summed E-state index contributed by atoms with van der Waals surface area (Å²) in [5.74, 6) is 0.377. The van der Waals surface area contributed by atoms with E-state index in [2.05, 4.69) is 15.5 Å². The second kappa shape index (κ2) is 3.88. The highest BCUT2D eigenvalue weighted by molar-refractivity contribution is 5.46. The zero-order chi connectivity index (χ0) is 11.7. The Morgan fingerprint density at radius 2 is 2.12 bits per heavy atom. The first-order valence-corrected chi connectivity index (χ1v) is 4.93. The number of nitrogens with zero attached hydrogens (tertiary/aromatic N) is 4. The van der Waals surface area contributed by atoms with E-state index in [1.54, 1.807) is 6.07 Å². The lowest BCUT2D eigenvalue weighted by Gasteiger charge is -2.07. The zero-order valence-electron chi connectivity index (χ0n) is 9.05. The highest BCUT2D eigenvalue weighted by Gasteiger charge is 2.12. The molecule has 5 nitrogen and oxygen atoms in total. The summed E-state index contributed by atoms with van der Waals surface area (Å²) >= 11 is 0. The van der Waals surface area contributed by atoms with E-state index in [1.165, 1.54) is 16.8 Å². The van der Waals surface area contributed by atoms with Crippen LogP contribution in [-0.2, 0) is 0 Å². The van der Waals surface area contributed by atoms with Crippen molar-refractivity contribution in [3.05, 3.63) is 29.8 Å². The lowest BCUT2D eigenvalue weighted by atomic mass is 10.2. The highest BCUT2D eigenvalue weighted by Crippen LogP contribution is 2.18. The fourth-order valence-electron chi connectivity index (χ4n) is 1.39. The zero-order valence-corrected chi connectivity index (χ0v) is 9.05. The predicted molar refractivity (Wildman–Crippen MR) is 57.6 cm³/mol. The maximum atomic E-state index is 13.3. The molecule has 0 amide bonds. The van der Waals surface area contributed by atoms with E-state index in [1.807, 2.05) is 13.8 Å². The average Bonchev–Trinajstić information content (AvgIpc) is 2.71. The van der Waals surface area contributed by atoms with Crippen LogP contribution in [0.4, 0.5) is 10.1 Å². The van der Waals surface area contributed by atoms with Crippen molar-refractivity contribution in [3.8, 4) is 5.69 Å². The number of hydrogen-bond acceptors (Lipinski definition) is 4. The molecule has 0 atom stereocenters. The third kappa shape index (κ3) is 1.73. The van der Waals surface area contributed by atoms with E-state index in [0.717, 1.165) is 0 Å². The number of rotatable bonds is 2. The minimum absolute atomic E-state index is 0.114. The molecule has 84 valence electrons. The van der Waals surface area contributed by atoms with Gasteiger partial charge in [0.05, 0.1) is 11.4 Å². The van der Waals surface area contributed by atoms with Gasteiger partial charge in [0.1, 0.15) is 5.82 Å². The monoisotopic (exact) mass is 221 g/mol. The molecule has 6 heteroatoms. The maximum absolute atomic E-state index is 13.3. The molecule has 0 aliphatic heterocycles. The molecule has 0 aliphatic carbocycles. The molecule has 2 aromatic rings. The van der Waals surface area contributed by atoms with Crippen LogP contribution in [0.1, 0.15) is 25.6 Å². The van der Waals surface area contributed by atoms with E-state index in [-0.39, 0.29) is 11.6 Å². The first-order valence-electron chi connectivity index (χ1n) is 4.93. The Labute approximate surface area is 92.1 Å². The second-order valence-electron chi connectivity index (χ2n) is 3.81. The van der Waals surface area contributed by atoms with Gasteiger partial charge in [-0.15, -0.1) is 5.10 Å². The van der Waals surface area contributed by atoms with E-state index < -0.39 is 5.82 Å². The van der Waals surface area contributed by atoms with Crippen LogP contribution in [0.2, 0.25) is 0 Å². The van der Waals surface area contributed by atoms with Gasteiger partial charge >= 0.3 is 0 Å². The van der Waals surface area contributed by atoms with Crippen LogP contribution in [0.5, 0.6) is 0 Å². The van der Waals surface area contributed by atoms with Gasteiger partial charge in [-0.05, 0) is 22.6 Å². The highest BCUT2D eigenvalue weighted by atomic mass is 19.1. The van der Waals surface area contributed by atoms with Crippen molar-refractivity contribution in [2.45, 2.75) is 19.8 Å². The molecule has 0 fully saturated rings. The smallest absolute Gasteiger partial charge is 0.159 e. The van der Waals surface area contributed by atoms with Gasteiger partial charge in [0.25, 0.3) is 0 Å². The maximum Gasteiger partial charge on any atom is 0.159 e. The summed E-state index contributed by atoms with van der Waals surface area (Å²) in [6.45, 7) is 3.94. The number of nitrogens with two attached hydrogens (primary N) is 1. The van der Waals surface area contributed by atoms with Crippen molar-refractivity contribution in [2.75, 3.05) is 5.73 Å². The Hall–Kier alpha value is -1.98. The molecule has 0 aliphatic rings. The quantitative estimate of drug-likeness (QED) is 0.780. The van der Waals surface area contributed by atoms with Crippen LogP contribution < -0.4 is 5.73 Å². The Morgan fingerprint density at radius 3 is 2.75 bits per heavy atom. The van der Waals surface area contributed by atoms with Crippen LogP contribution in [0.3, 0.4) is 0 Å². The van der Waals surface area contributed by atoms with Crippen LogP contribution in [-0.4, -0.2) is 20.2 Å². The van der Waals surface area contributed by atoms with E-state index >= 15 is 0 Å². The Bertz CT molecular complexity index is 506. The number of aromatic nitrogens is 4. The molecular formula is C10H12FN5. The Morgan fingerprint density at radius 1 is 1.38 bits per heavy atom. The SMILES string of the molecule is CC(C)c1nnnn1-c1ccc(N)c(F)c1. The van der Waals surface area contributed by atoms with Crippen molar-refractivity contribution in [1.82, 2.24) is 20.2 Å². The summed E-state index contributed by atoms with van der Waals surface area (Å²) in [5, 5.41) is 11.3. The summed E-state index contributed by atoms with van der Waals surface area (Å²) in [7, 11) is 0. The van der Waals surface area contributed by atoms with Crippen molar-refractivity contribution in [1.29, 1.82) is 0 Å². The van der Waals surface area contributed by atoms with Gasteiger partial charge in [-0.25, -0.2) is 4.39 Å². The first-order chi connectivity index (χ1) is 7.59. The van der Waals surface area contributed by atoms with E-state index in [4.69, 9.17) is 5.73 Å². The minimum atomic E-state index is -0.470. The van der Waals surface area contributed by atoms with Gasteiger partial charge in [0.15, 0.2) is 5.82 Å². The number of benzene rings is 1. The number of halogens is 1. The Balaban J connectivity index is 2.50. The fraction of sp³-hybridized carbons (Fsp3) is 0.300. The molecule has 0 saturated carbocycles. The molecule has 2 N–H and O–H groups in total. The topological polar surface area (TPSA) is 69.6 Å².